The van der Waals surface area contributed by atoms with Gasteiger partial charge >= 0.3 is 0 Å². The van der Waals surface area contributed by atoms with Gasteiger partial charge in [-0.15, -0.1) is 0 Å². The average molecular weight is 345 g/mol. The van der Waals surface area contributed by atoms with E-state index in [1.54, 1.807) is 14.2 Å². The van der Waals surface area contributed by atoms with E-state index in [4.69, 9.17) is 9.47 Å². The first kappa shape index (κ1) is 16.9. The Kier molecular flexibility index (Phi) is 7.58. The van der Waals surface area contributed by atoms with E-state index in [0.29, 0.717) is 26.2 Å². The van der Waals surface area contributed by atoms with Gasteiger partial charge in [0.15, 0.2) is 0 Å². The van der Waals surface area contributed by atoms with Crippen LogP contribution in [0.15, 0.2) is 22.7 Å². The van der Waals surface area contributed by atoms with Gasteiger partial charge in [-0.3, -0.25) is 9.69 Å². The molecule has 0 aliphatic carbocycles. The highest BCUT2D eigenvalue weighted by Crippen LogP contribution is 2.25. The number of ether oxygens (including phenoxy) is 2. The largest absolute Gasteiger partial charge is 0.496 e. The lowest BCUT2D eigenvalue weighted by molar-refractivity contribution is -0.122. The first-order valence-corrected chi connectivity index (χ1v) is 7.12. The van der Waals surface area contributed by atoms with E-state index in [0.717, 1.165) is 15.8 Å². The highest BCUT2D eigenvalue weighted by atomic mass is 79.9. The van der Waals surface area contributed by atoms with Crippen LogP contribution in [-0.2, 0) is 16.1 Å². The monoisotopic (exact) mass is 344 g/mol. The number of carbonyl (C=O) groups is 1. The molecule has 5 nitrogen and oxygen atoms in total. The number of nitrogens with one attached hydrogen (secondary N) is 1. The fraction of sp³-hybridized carbons (Fsp3) is 0.500. The predicted octanol–water partition coefficient (Wildman–Crippen LogP) is 1.65. The van der Waals surface area contributed by atoms with Crippen LogP contribution < -0.4 is 10.1 Å². The van der Waals surface area contributed by atoms with Crippen molar-refractivity contribution in [3.63, 3.8) is 0 Å². The van der Waals surface area contributed by atoms with E-state index in [1.165, 1.54) is 0 Å². The fourth-order valence-corrected chi connectivity index (χ4v) is 2.36. The minimum atomic E-state index is -0.00266. The molecule has 1 amide bonds. The summed E-state index contributed by atoms with van der Waals surface area (Å²) in [7, 11) is 5.16. The molecule has 0 unspecified atom stereocenters. The third-order valence-electron chi connectivity index (χ3n) is 2.71. The highest BCUT2D eigenvalue weighted by molar-refractivity contribution is 9.10. The second kappa shape index (κ2) is 8.94. The number of likely N-dealkylation sites (N-methyl/N-ethyl adjacent to an activating group) is 1. The van der Waals surface area contributed by atoms with Gasteiger partial charge in [-0.25, -0.2) is 0 Å². The number of hydrogen-bond donors (Lipinski definition) is 1. The van der Waals surface area contributed by atoms with E-state index in [1.807, 2.05) is 30.1 Å². The number of rotatable bonds is 8. The van der Waals surface area contributed by atoms with E-state index in [-0.39, 0.29) is 5.91 Å². The zero-order valence-electron chi connectivity index (χ0n) is 12.1. The van der Waals surface area contributed by atoms with Gasteiger partial charge in [-0.1, -0.05) is 6.07 Å². The van der Waals surface area contributed by atoms with Crippen LogP contribution in [0.1, 0.15) is 5.56 Å². The van der Waals surface area contributed by atoms with Crippen LogP contribution in [0.25, 0.3) is 0 Å². The SMILES string of the molecule is COCCNC(=O)CN(C)Cc1ccc(OC)c(Br)c1. The highest BCUT2D eigenvalue weighted by Gasteiger charge is 2.08. The second-order valence-electron chi connectivity index (χ2n) is 4.48. The summed E-state index contributed by atoms with van der Waals surface area (Å²) in [6.07, 6.45) is 0. The molecule has 0 aliphatic rings. The Morgan fingerprint density at radius 1 is 1.40 bits per heavy atom. The standard InChI is InChI=1S/C14H21BrN2O3/c1-17(10-14(18)16-6-7-19-2)9-11-4-5-13(20-3)12(15)8-11/h4-5,8H,6-7,9-10H2,1-3H3,(H,16,18). The molecule has 0 saturated carbocycles. The van der Waals surface area contributed by atoms with Gasteiger partial charge < -0.3 is 14.8 Å². The fourth-order valence-electron chi connectivity index (χ4n) is 1.77. The molecular formula is C14H21BrN2O3. The van der Waals surface area contributed by atoms with E-state index in [9.17, 15) is 4.79 Å². The molecule has 1 N–H and O–H groups in total. The zero-order chi connectivity index (χ0) is 15.0. The van der Waals surface area contributed by atoms with Gasteiger partial charge in [-0.2, -0.15) is 0 Å². The van der Waals surface area contributed by atoms with E-state index in [2.05, 4.69) is 21.2 Å². The number of carbonyl (C=O) groups excluding carboxylic acids is 1. The molecule has 112 valence electrons. The van der Waals surface area contributed by atoms with Crippen LogP contribution in [0, 0.1) is 0 Å². The molecule has 0 heterocycles. The quantitative estimate of drug-likeness (QED) is 0.728. The Labute approximate surface area is 128 Å². The maximum atomic E-state index is 11.6. The second-order valence-corrected chi connectivity index (χ2v) is 5.34. The summed E-state index contributed by atoms with van der Waals surface area (Å²) in [6.45, 7) is 2.12. The van der Waals surface area contributed by atoms with Crippen molar-refractivity contribution in [2.45, 2.75) is 6.54 Å². The normalized spacial score (nSPS) is 10.7. The van der Waals surface area contributed by atoms with Gasteiger partial charge in [0, 0.05) is 20.2 Å². The van der Waals surface area contributed by atoms with Gasteiger partial charge in [0.05, 0.1) is 24.7 Å². The number of amides is 1. The van der Waals surface area contributed by atoms with Crippen LogP contribution in [0.5, 0.6) is 5.75 Å². The van der Waals surface area contributed by atoms with Gasteiger partial charge in [0.2, 0.25) is 5.91 Å². The lowest BCUT2D eigenvalue weighted by Gasteiger charge is -2.17. The van der Waals surface area contributed by atoms with Crippen molar-refractivity contribution in [2.75, 3.05) is 41.0 Å². The summed E-state index contributed by atoms with van der Waals surface area (Å²) in [5.74, 6) is 0.797. The first-order chi connectivity index (χ1) is 9.56. The Hall–Kier alpha value is -1.11. The molecule has 0 radical (unpaired) electrons. The maximum absolute atomic E-state index is 11.6. The molecule has 1 aromatic rings. The molecule has 0 saturated heterocycles. The third kappa shape index (κ3) is 5.90. The molecule has 20 heavy (non-hydrogen) atoms. The number of halogens is 1. The molecule has 1 aromatic carbocycles. The summed E-state index contributed by atoms with van der Waals surface area (Å²) < 4.78 is 11.0. The molecule has 0 aromatic heterocycles. The third-order valence-corrected chi connectivity index (χ3v) is 3.33. The molecule has 6 heteroatoms. The van der Waals surface area contributed by atoms with Crippen LogP contribution in [0.4, 0.5) is 0 Å². The number of methoxy groups -OCH3 is 2. The molecular weight excluding hydrogens is 324 g/mol. The average Bonchev–Trinajstić information content (AvgIpc) is 2.39. The van der Waals surface area contributed by atoms with E-state index < -0.39 is 0 Å². The predicted molar refractivity (Wildman–Crippen MR) is 81.9 cm³/mol. The lowest BCUT2D eigenvalue weighted by Crippen LogP contribution is -2.36. The van der Waals surface area contributed by atoms with Crippen LogP contribution >= 0.6 is 15.9 Å². The zero-order valence-corrected chi connectivity index (χ0v) is 13.7. The van der Waals surface area contributed by atoms with Crippen molar-refractivity contribution >= 4 is 21.8 Å². The van der Waals surface area contributed by atoms with Crippen molar-refractivity contribution < 1.29 is 14.3 Å². The Morgan fingerprint density at radius 2 is 2.15 bits per heavy atom. The van der Waals surface area contributed by atoms with Gasteiger partial charge in [-0.05, 0) is 40.7 Å². The smallest absolute Gasteiger partial charge is 0.234 e. The van der Waals surface area contributed by atoms with Crippen molar-refractivity contribution in [1.82, 2.24) is 10.2 Å². The molecule has 0 spiro atoms. The van der Waals surface area contributed by atoms with Crippen molar-refractivity contribution in [1.29, 1.82) is 0 Å². The van der Waals surface area contributed by atoms with Crippen LogP contribution in [0.3, 0.4) is 0 Å². The van der Waals surface area contributed by atoms with E-state index >= 15 is 0 Å². The van der Waals surface area contributed by atoms with Gasteiger partial charge in [0.1, 0.15) is 5.75 Å². The minimum absolute atomic E-state index is 0.00266. The van der Waals surface area contributed by atoms with Crippen molar-refractivity contribution in [3.8, 4) is 5.75 Å². The summed E-state index contributed by atoms with van der Waals surface area (Å²) in [5, 5.41) is 2.80. The summed E-state index contributed by atoms with van der Waals surface area (Å²) in [4.78, 5) is 13.6. The Balaban J connectivity index is 2.43. The Morgan fingerprint density at radius 3 is 2.75 bits per heavy atom. The van der Waals surface area contributed by atoms with Crippen molar-refractivity contribution in [3.05, 3.63) is 28.2 Å². The minimum Gasteiger partial charge on any atom is -0.496 e. The topological polar surface area (TPSA) is 50.8 Å². The summed E-state index contributed by atoms with van der Waals surface area (Å²) >= 11 is 3.45. The molecule has 1 rings (SSSR count). The molecule has 0 fully saturated rings. The maximum Gasteiger partial charge on any atom is 0.234 e. The molecule has 0 atom stereocenters. The molecule has 0 bridgehead atoms. The lowest BCUT2D eigenvalue weighted by atomic mass is 10.2. The first-order valence-electron chi connectivity index (χ1n) is 6.33. The van der Waals surface area contributed by atoms with Crippen LogP contribution in [0.2, 0.25) is 0 Å². The number of benzene rings is 1. The number of nitrogens with zero attached hydrogens (tertiary/aromatic N) is 1. The summed E-state index contributed by atoms with van der Waals surface area (Å²) in [6, 6.07) is 5.90. The number of hydrogen-bond acceptors (Lipinski definition) is 4. The molecule has 0 aliphatic heterocycles. The summed E-state index contributed by atoms with van der Waals surface area (Å²) in [5.41, 5.74) is 1.12. The van der Waals surface area contributed by atoms with Gasteiger partial charge in [0.25, 0.3) is 0 Å². The van der Waals surface area contributed by atoms with Crippen LogP contribution in [-0.4, -0.2) is 51.8 Å². The van der Waals surface area contributed by atoms with Crippen molar-refractivity contribution in [2.24, 2.45) is 0 Å². The Bertz CT molecular complexity index is 440.